The molecule has 2 rings (SSSR count). The first kappa shape index (κ1) is 13.5. The van der Waals surface area contributed by atoms with E-state index < -0.39 is 0 Å². The standard InChI is InChI=1S/C15H20N4/c1-3-16-10-13-11-17-9-7-15(13)19(2)12-14-6-4-5-8-18-14/h4-9,11,16H,3,10,12H2,1-2H3. The Balaban J connectivity index is 2.12. The zero-order chi connectivity index (χ0) is 13.5. The highest BCUT2D eigenvalue weighted by Crippen LogP contribution is 2.19. The lowest BCUT2D eigenvalue weighted by Crippen LogP contribution is -2.21. The zero-order valence-corrected chi connectivity index (χ0v) is 11.5. The SMILES string of the molecule is CCNCc1cnccc1N(C)Cc1ccccn1. The van der Waals surface area contributed by atoms with Crippen LogP contribution in [-0.2, 0) is 13.1 Å². The molecule has 0 unspecified atom stereocenters. The maximum absolute atomic E-state index is 4.36. The Morgan fingerprint density at radius 1 is 1.21 bits per heavy atom. The van der Waals surface area contributed by atoms with Crippen LogP contribution in [0.1, 0.15) is 18.2 Å². The van der Waals surface area contributed by atoms with E-state index in [4.69, 9.17) is 0 Å². The molecule has 4 nitrogen and oxygen atoms in total. The van der Waals surface area contributed by atoms with Crippen molar-refractivity contribution in [3.63, 3.8) is 0 Å². The molecule has 0 aromatic carbocycles. The van der Waals surface area contributed by atoms with E-state index in [-0.39, 0.29) is 0 Å². The number of aromatic nitrogens is 2. The molecule has 0 bridgehead atoms. The van der Waals surface area contributed by atoms with Crippen LogP contribution in [0.4, 0.5) is 5.69 Å². The smallest absolute Gasteiger partial charge is 0.0598 e. The van der Waals surface area contributed by atoms with Gasteiger partial charge in [-0.25, -0.2) is 0 Å². The van der Waals surface area contributed by atoms with Crippen LogP contribution in [0.3, 0.4) is 0 Å². The lowest BCUT2D eigenvalue weighted by molar-refractivity contribution is 0.720. The van der Waals surface area contributed by atoms with Crippen molar-refractivity contribution in [1.29, 1.82) is 0 Å². The van der Waals surface area contributed by atoms with Gasteiger partial charge in [0.15, 0.2) is 0 Å². The van der Waals surface area contributed by atoms with E-state index in [2.05, 4.69) is 40.2 Å². The Labute approximate surface area is 114 Å². The third-order valence-corrected chi connectivity index (χ3v) is 2.98. The molecule has 0 amide bonds. The molecule has 0 spiro atoms. The zero-order valence-electron chi connectivity index (χ0n) is 11.5. The van der Waals surface area contributed by atoms with Crippen LogP contribution in [0.25, 0.3) is 0 Å². The van der Waals surface area contributed by atoms with Crippen LogP contribution in [0, 0.1) is 0 Å². The molecule has 0 aliphatic rings. The molecule has 0 atom stereocenters. The van der Waals surface area contributed by atoms with Crippen LogP contribution in [0.2, 0.25) is 0 Å². The average Bonchev–Trinajstić information content (AvgIpc) is 2.46. The Hall–Kier alpha value is -1.94. The summed E-state index contributed by atoms with van der Waals surface area (Å²) in [6.45, 7) is 4.70. The highest BCUT2D eigenvalue weighted by Gasteiger charge is 2.08. The Kier molecular flexibility index (Phi) is 4.86. The molecular formula is C15H20N4. The molecule has 2 heterocycles. The highest BCUT2D eigenvalue weighted by molar-refractivity contribution is 5.51. The Bertz CT molecular complexity index is 499. The van der Waals surface area contributed by atoms with Gasteiger partial charge in [0.1, 0.15) is 0 Å². The lowest BCUT2D eigenvalue weighted by atomic mass is 10.2. The van der Waals surface area contributed by atoms with Crippen molar-refractivity contribution < 1.29 is 0 Å². The fourth-order valence-electron chi connectivity index (χ4n) is 2.01. The second-order valence-electron chi connectivity index (χ2n) is 4.46. The number of hydrogen-bond donors (Lipinski definition) is 1. The van der Waals surface area contributed by atoms with Gasteiger partial charge < -0.3 is 10.2 Å². The first-order valence-electron chi connectivity index (χ1n) is 6.56. The van der Waals surface area contributed by atoms with E-state index in [0.717, 1.165) is 25.3 Å². The molecule has 0 fully saturated rings. The predicted molar refractivity (Wildman–Crippen MR) is 78.0 cm³/mol. The summed E-state index contributed by atoms with van der Waals surface area (Å²) in [5.41, 5.74) is 3.47. The topological polar surface area (TPSA) is 41.1 Å². The maximum Gasteiger partial charge on any atom is 0.0598 e. The second kappa shape index (κ2) is 6.85. The largest absolute Gasteiger partial charge is 0.368 e. The minimum atomic E-state index is 0.796. The fraction of sp³-hybridized carbons (Fsp3) is 0.333. The summed E-state index contributed by atoms with van der Waals surface area (Å²) < 4.78 is 0. The van der Waals surface area contributed by atoms with Crippen molar-refractivity contribution in [2.45, 2.75) is 20.0 Å². The molecule has 0 saturated heterocycles. The van der Waals surface area contributed by atoms with Crippen molar-refractivity contribution >= 4 is 5.69 Å². The third kappa shape index (κ3) is 3.76. The highest BCUT2D eigenvalue weighted by atomic mass is 15.1. The van der Waals surface area contributed by atoms with Gasteiger partial charge in [0.05, 0.1) is 12.2 Å². The molecular weight excluding hydrogens is 236 g/mol. The van der Waals surface area contributed by atoms with Crippen molar-refractivity contribution in [3.8, 4) is 0 Å². The van der Waals surface area contributed by atoms with Gasteiger partial charge in [-0.1, -0.05) is 13.0 Å². The monoisotopic (exact) mass is 256 g/mol. The van der Waals surface area contributed by atoms with Crippen molar-refractivity contribution in [2.24, 2.45) is 0 Å². The summed E-state index contributed by atoms with van der Waals surface area (Å²) in [6.07, 6.45) is 5.59. The maximum atomic E-state index is 4.36. The van der Waals surface area contributed by atoms with E-state index in [1.54, 1.807) is 0 Å². The van der Waals surface area contributed by atoms with Gasteiger partial charge in [-0.3, -0.25) is 9.97 Å². The molecule has 19 heavy (non-hydrogen) atoms. The van der Waals surface area contributed by atoms with E-state index >= 15 is 0 Å². The summed E-state index contributed by atoms with van der Waals surface area (Å²) in [5.74, 6) is 0. The molecule has 0 saturated carbocycles. The fourth-order valence-corrected chi connectivity index (χ4v) is 2.01. The van der Waals surface area contributed by atoms with E-state index in [0.29, 0.717) is 0 Å². The number of nitrogens with zero attached hydrogens (tertiary/aromatic N) is 3. The summed E-state index contributed by atoms with van der Waals surface area (Å²) >= 11 is 0. The summed E-state index contributed by atoms with van der Waals surface area (Å²) in [6, 6.07) is 8.05. The van der Waals surface area contributed by atoms with E-state index in [9.17, 15) is 0 Å². The summed E-state index contributed by atoms with van der Waals surface area (Å²) in [4.78, 5) is 10.8. The lowest BCUT2D eigenvalue weighted by Gasteiger charge is -2.22. The minimum absolute atomic E-state index is 0.796. The van der Waals surface area contributed by atoms with Crippen molar-refractivity contribution in [1.82, 2.24) is 15.3 Å². The number of hydrogen-bond acceptors (Lipinski definition) is 4. The van der Waals surface area contributed by atoms with Gasteiger partial charge in [-0.2, -0.15) is 0 Å². The molecule has 2 aromatic heterocycles. The number of pyridine rings is 2. The average molecular weight is 256 g/mol. The second-order valence-corrected chi connectivity index (χ2v) is 4.46. The van der Waals surface area contributed by atoms with Gasteiger partial charge in [-0.05, 0) is 24.7 Å². The summed E-state index contributed by atoms with van der Waals surface area (Å²) in [7, 11) is 2.08. The van der Waals surface area contributed by atoms with Gasteiger partial charge in [-0.15, -0.1) is 0 Å². The number of rotatable bonds is 6. The first-order valence-corrected chi connectivity index (χ1v) is 6.56. The van der Waals surface area contributed by atoms with E-state index in [1.807, 2.05) is 36.8 Å². The molecule has 0 aliphatic carbocycles. The quantitative estimate of drug-likeness (QED) is 0.860. The van der Waals surface area contributed by atoms with Crippen LogP contribution < -0.4 is 10.2 Å². The van der Waals surface area contributed by atoms with Crippen LogP contribution in [-0.4, -0.2) is 23.6 Å². The van der Waals surface area contributed by atoms with Gasteiger partial charge in [0.25, 0.3) is 0 Å². The third-order valence-electron chi connectivity index (χ3n) is 2.98. The molecule has 1 N–H and O–H groups in total. The normalized spacial score (nSPS) is 10.4. The molecule has 2 aromatic rings. The first-order chi connectivity index (χ1) is 9.31. The van der Waals surface area contributed by atoms with Crippen LogP contribution in [0.15, 0.2) is 42.9 Å². The van der Waals surface area contributed by atoms with Gasteiger partial charge in [0.2, 0.25) is 0 Å². The Morgan fingerprint density at radius 2 is 2.11 bits per heavy atom. The van der Waals surface area contributed by atoms with Gasteiger partial charge in [0, 0.05) is 43.4 Å². The molecule has 4 heteroatoms. The molecule has 100 valence electrons. The predicted octanol–water partition coefficient (Wildman–Crippen LogP) is 2.22. The molecule has 0 aliphatic heterocycles. The molecule has 0 radical (unpaired) electrons. The van der Waals surface area contributed by atoms with Gasteiger partial charge >= 0.3 is 0 Å². The van der Waals surface area contributed by atoms with Crippen LogP contribution in [0.5, 0.6) is 0 Å². The summed E-state index contributed by atoms with van der Waals surface area (Å²) in [5, 5.41) is 3.34. The van der Waals surface area contributed by atoms with E-state index in [1.165, 1.54) is 11.3 Å². The van der Waals surface area contributed by atoms with Crippen LogP contribution >= 0.6 is 0 Å². The minimum Gasteiger partial charge on any atom is -0.368 e. The number of nitrogens with one attached hydrogen (secondary N) is 1. The number of anilines is 1. The Morgan fingerprint density at radius 3 is 2.84 bits per heavy atom. The van der Waals surface area contributed by atoms with Crippen molar-refractivity contribution in [2.75, 3.05) is 18.5 Å². The van der Waals surface area contributed by atoms with Crippen molar-refractivity contribution in [3.05, 3.63) is 54.1 Å².